The van der Waals surface area contributed by atoms with E-state index in [9.17, 15) is 5.26 Å². The summed E-state index contributed by atoms with van der Waals surface area (Å²) in [6, 6.07) is 6.67. The highest BCUT2D eigenvalue weighted by atomic mass is 79.9. The quantitative estimate of drug-likeness (QED) is 0.210. The van der Waals surface area contributed by atoms with Gasteiger partial charge in [0.2, 0.25) is 0 Å². The first-order valence-electron chi connectivity index (χ1n) is 7.00. The fourth-order valence-corrected chi connectivity index (χ4v) is 2.28. The molecule has 8 heteroatoms. The first-order chi connectivity index (χ1) is 11.0. The van der Waals surface area contributed by atoms with E-state index in [2.05, 4.69) is 32.0 Å². The van der Waals surface area contributed by atoms with Crippen molar-refractivity contribution in [2.24, 2.45) is 5.11 Å². The fourth-order valence-electron chi connectivity index (χ4n) is 1.94. The summed E-state index contributed by atoms with van der Waals surface area (Å²) < 4.78 is 17.0. The van der Waals surface area contributed by atoms with E-state index < -0.39 is 11.6 Å². The molecule has 0 saturated heterocycles. The molecule has 0 unspecified atom stereocenters. The largest absolute Gasteiger partial charge is 0.486 e. The molecule has 1 rings (SSSR count). The Balaban J connectivity index is 3.09. The SMILES string of the molecule is CC[C@@](C)(Oc1cc(Br)ccc1C#N)[C@@H](COCOC)N=[N+]=[N-]. The van der Waals surface area contributed by atoms with Crippen molar-refractivity contribution in [1.82, 2.24) is 0 Å². The third kappa shape index (κ3) is 5.41. The predicted octanol–water partition coefficient (Wildman–Crippen LogP) is 4.17. The van der Waals surface area contributed by atoms with Gasteiger partial charge in [-0.05, 0) is 37.1 Å². The van der Waals surface area contributed by atoms with Crippen molar-refractivity contribution in [3.8, 4) is 11.8 Å². The highest BCUT2D eigenvalue weighted by Crippen LogP contribution is 2.31. The topological polar surface area (TPSA) is 100 Å². The van der Waals surface area contributed by atoms with Gasteiger partial charge in [-0.15, -0.1) is 0 Å². The lowest BCUT2D eigenvalue weighted by Gasteiger charge is -2.35. The molecule has 0 aliphatic carbocycles. The van der Waals surface area contributed by atoms with Gasteiger partial charge in [0, 0.05) is 16.5 Å². The average Bonchev–Trinajstić information content (AvgIpc) is 2.54. The predicted molar refractivity (Wildman–Crippen MR) is 88.9 cm³/mol. The number of hydrogen-bond donors (Lipinski definition) is 0. The van der Waals surface area contributed by atoms with E-state index in [0.717, 1.165) is 4.47 Å². The Labute approximate surface area is 143 Å². The normalized spacial score (nSPS) is 14.2. The van der Waals surface area contributed by atoms with Crippen molar-refractivity contribution in [1.29, 1.82) is 5.26 Å². The zero-order valence-electron chi connectivity index (χ0n) is 13.3. The summed E-state index contributed by atoms with van der Waals surface area (Å²) in [6.07, 6.45) is 0.560. The maximum Gasteiger partial charge on any atom is 0.146 e. The Morgan fingerprint density at radius 1 is 1.52 bits per heavy atom. The number of methoxy groups -OCH3 is 1. The third-order valence-electron chi connectivity index (χ3n) is 3.48. The second-order valence-corrected chi connectivity index (χ2v) is 5.93. The van der Waals surface area contributed by atoms with Crippen LogP contribution in [-0.4, -0.2) is 32.2 Å². The molecule has 23 heavy (non-hydrogen) atoms. The number of nitriles is 1. The van der Waals surface area contributed by atoms with Gasteiger partial charge in [-0.2, -0.15) is 5.26 Å². The zero-order valence-corrected chi connectivity index (χ0v) is 14.9. The van der Waals surface area contributed by atoms with E-state index >= 15 is 0 Å². The smallest absolute Gasteiger partial charge is 0.146 e. The van der Waals surface area contributed by atoms with Gasteiger partial charge in [0.25, 0.3) is 0 Å². The lowest BCUT2D eigenvalue weighted by molar-refractivity contribution is -0.0588. The van der Waals surface area contributed by atoms with Crippen LogP contribution in [0.2, 0.25) is 0 Å². The van der Waals surface area contributed by atoms with Gasteiger partial charge in [0.05, 0.1) is 12.2 Å². The Morgan fingerprint density at radius 2 is 2.26 bits per heavy atom. The summed E-state index contributed by atoms with van der Waals surface area (Å²) in [5, 5.41) is 13.0. The summed E-state index contributed by atoms with van der Waals surface area (Å²) >= 11 is 3.36. The van der Waals surface area contributed by atoms with Crippen LogP contribution in [0.25, 0.3) is 10.4 Å². The molecule has 0 aromatic heterocycles. The lowest BCUT2D eigenvalue weighted by Crippen LogP contribution is -2.46. The van der Waals surface area contributed by atoms with E-state index in [4.69, 9.17) is 19.7 Å². The van der Waals surface area contributed by atoms with E-state index in [1.165, 1.54) is 7.11 Å². The van der Waals surface area contributed by atoms with Crippen LogP contribution in [0.1, 0.15) is 25.8 Å². The molecule has 0 aliphatic rings. The van der Waals surface area contributed by atoms with Gasteiger partial charge in [-0.3, -0.25) is 0 Å². The zero-order chi connectivity index (χ0) is 17.3. The van der Waals surface area contributed by atoms with Crippen molar-refractivity contribution < 1.29 is 14.2 Å². The summed E-state index contributed by atoms with van der Waals surface area (Å²) in [6.45, 7) is 3.99. The molecule has 0 spiro atoms. The Bertz CT molecular complexity index is 613. The second-order valence-electron chi connectivity index (χ2n) is 5.02. The molecule has 1 aromatic carbocycles. The molecule has 124 valence electrons. The van der Waals surface area contributed by atoms with Crippen LogP contribution in [-0.2, 0) is 9.47 Å². The van der Waals surface area contributed by atoms with Crippen molar-refractivity contribution in [2.75, 3.05) is 20.5 Å². The lowest BCUT2D eigenvalue weighted by atomic mass is 9.94. The molecule has 2 atom stereocenters. The van der Waals surface area contributed by atoms with Crippen molar-refractivity contribution >= 4 is 15.9 Å². The minimum Gasteiger partial charge on any atom is -0.486 e. The first-order valence-corrected chi connectivity index (χ1v) is 7.79. The van der Waals surface area contributed by atoms with Crippen LogP contribution >= 0.6 is 15.9 Å². The van der Waals surface area contributed by atoms with Gasteiger partial charge in [-0.1, -0.05) is 28.0 Å². The average molecular weight is 383 g/mol. The van der Waals surface area contributed by atoms with Gasteiger partial charge in [0.1, 0.15) is 30.3 Å². The van der Waals surface area contributed by atoms with Crippen LogP contribution in [0.4, 0.5) is 0 Å². The standard InChI is InChI=1S/C15H19BrN4O3/c1-4-15(2,14(19-20-18)9-22-10-21-3)23-13-7-12(16)6-5-11(13)8-17/h5-7,14H,4,9-10H2,1-3H3/t14-,15-/m1/s1. The van der Waals surface area contributed by atoms with Gasteiger partial charge < -0.3 is 14.2 Å². The molecule has 0 N–H and O–H groups in total. The van der Waals surface area contributed by atoms with Gasteiger partial charge >= 0.3 is 0 Å². The minimum absolute atomic E-state index is 0.0948. The summed E-state index contributed by atoms with van der Waals surface area (Å²) in [4.78, 5) is 2.88. The van der Waals surface area contributed by atoms with E-state index in [1.54, 1.807) is 18.2 Å². The molecular weight excluding hydrogens is 364 g/mol. The van der Waals surface area contributed by atoms with Crippen molar-refractivity contribution in [3.05, 3.63) is 38.7 Å². The van der Waals surface area contributed by atoms with Crippen molar-refractivity contribution in [2.45, 2.75) is 31.9 Å². The number of ether oxygens (including phenoxy) is 3. The summed E-state index contributed by atoms with van der Waals surface area (Å²) in [5.74, 6) is 0.427. The maximum atomic E-state index is 9.23. The molecule has 0 aliphatic heterocycles. The molecule has 0 heterocycles. The van der Waals surface area contributed by atoms with E-state index in [1.807, 2.05) is 13.8 Å². The van der Waals surface area contributed by atoms with Crippen LogP contribution < -0.4 is 4.74 Å². The number of rotatable bonds is 9. The minimum atomic E-state index is -0.827. The second kappa shape index (κ2) is 9.38. The molecular formula is C15H19BrN4O3. The van der Waals surface area contributed by atoms with Crippen LogP contribution in [0.5, 0.6) is 5.75 Å². The molecule has 0 saturated carbocycles. The molecule has 0 fully saturated rings. The van der Waals surface area contributed by atoms with Crippen LogP contribution in [0.3, 0.4) is 0 Å². The van der Waals surface area contributed by atoms with E-state index in [0.29, 0.717) is 17.7 Å². The van der Waals surface area contributed by atoms with Crippen LogP contribution in [0, 0.1) is 11.3 Å². The molecule has 7 nitrogen and oxygen atoms in total. The van der Waals surface area contributed by atoms with Crippen molar-refractivity contribution in [3.63, 3.8) is 0 Å². The summed E-state index contributed by atoms with van der Waals surface area (Å²) in [5.41, 5.74) is 8.40. The van der Waals surface area contributed by atoms with E-state index in [-0.39, 0.29) is 13.4 Å². The number of halogens is 1. The summed E-state index contributed by atoms with van der Waals surface area (Å²) in [7, 11) is 1.51. The third-order valence-corrected chi connectivity index (χ3v) is 3.98. The Kier molecular flexibility index (Phi) is 7.86. The maximum absolute atomic E-state index is 9.23. The molecule has 1 aromatic rings. The highest BCUT2D eigenvalue weighted by Gasteiger charge is 2.35. The highest BCUT2D eigenvalue weighted by molar-refractivity contribution is 9.10. The molecule has 0 radical (unpaired) electrons. The Morgan fingerprint density at radius 3 is 2.83 bits per heavy atom. The number of azide groups is 1. The number of benzene rings is 1. The van der Waals surface area contributed by atoms with Gasteiger partial charge in [0.15, 0.2) is 0 Å². The number of hydrogen-bond acceptors (Lipinski definition) is 5. The van der Waals surface area contributed by atoms with Gasteiger partial charge in [-0.25, -0.2) is 0 Å². The monoisotopic (exact) mass is 382 g/mol. The molecule has 0 amide bonds. The number of nitrogens with zero attached hydrogens (tertiary/aromatic N) is 4. The molecule has 0 bridgehead atoms. The first kappa shape index (κ1) is 19.3. The Hall–Kier alpha value is -1.78. The van der Waals surface area contributed by atoms with Crippen LogP contribution in [0.15, 0.2) is 27.8 Å². The fraction of sp³-hybridized carbons (Fsp3) is 0.533.